The van der Waals surface area contributed by atoms with Crippen LogP contribution in [0.25, 0.3) is 0 Å². The second-order valence-corrected chi connectivity index (χ2v) is 3.41. The number of halogens is 2. The molecule has 1 rings (SSSR count). The zero-order chi connectivity index (χ0) is 8.27. The molecular weight excluding hydrogens is 227 g/mol. The molecule has 0 bridgehead atoms. The van der Waals surface area contributed by atoms with Crippen LogP contribution in [0.4, 0.5) is 0 Å². The standard InChI is InChI=1S/C8H8BrClO/c9-7-2-1-3-8(11)6(7)4-5-10/h1-3,11H,4-5H2. The van der Waals surface area contributed by atoms with E-state index in [0.29, 0.717) is 18.1 Å². The Morgan fingerprint density at radius 2 is 2.18 bits per heavy atom. The van der Waals surface area contributed by atoms with Crippen LogP contribution in [0.15, 0.2) is 22.7 Å². The number of aromatic hydroxyl groups is 1. The van der Waals surface area contributed by atoms with Gasteiger partial charge in [-0.3, -0.25) is 0 Å². The molecule has 0 aliphatic rings. The summed E-state index contributed by atoms with van der Waals surface area (Å²) >= 11 is 8.88. The minimum atomic E-state index is 0.306. The van der Waals surface area contributed by atoms with E-state index in [1.165, 1.54) is 0 Å². The van der Waals surface area contributed by atoms with Gasteiger partial charge in [0.1, 0.15) is 5.75 Å². The second-order valence-electron chi connectivity index (χ2n) is 2.18. The van der Waals surface area contributed by atoms with Crippen LogP contribution in [0.2, 0.25) is 0 Å². The minimum Gasteiger partial charge on any atom is -0.508 e. The van der Waals surface area contributed by atoms with Gasteiger partial charge in [-0.2, -0.15) is 0 Å². The first kappa shape index (κ1) is 8.88. The van der Waals surface area contributed by atoms with Crippen LogP contribution >= 0.6 is 27.5 Å². The highest BCUT2D eigenvalue weighted by atomic mass is 79.9. The lowest BCUT2D eigenvalue weighted by atomic mass is 10.1. The van der Waals surface area contributed by atoms with Gasteiger partial charge >= 0.3 is 0 Å². The summed E-state index contributed by atoms with van der Waals surface area (Å²) in [5, 5.41) is 9.33. The topological polar surface area (TPSA) is 20.2 Å². The number of rotatable bonds is 2. The van der Waals surface area contributed by atoms with Crippen molar-refractivity contribution in [3.8, 4) is 5.75 Å². The van der Waals surface area contributed by atoms with E-state index in [2.05, 4.69) is 15.9 Å². The maximum atomic E-state index is 9.33. The van der Waals surface area contributed by atoms with Crippen LogP contribution < -0.4 is 0 Å². The smallest absolute Gasteiger partial charge is 0.119 e. The van der Waals surface area contributed by atoms with Crippen LogP contribution in [0.5, 0.6) is 5.75 Å². The molecule has 0 aliphatic heterocycles. The van der Waals surface area contributed by atoms with Gasteiger partial charge in [0, 0.05) is 15.9 Å². The molecule has 0 heterocycles. The predicted octanol–water partition coefficient (Wildman–Crippen LogP) is 2.94. The first-order valence-corrected chi connectivity index (χ1v) is 4.60. The molecule has 1 aromatic carbocycles. The average Bonchev–Trinajstić information content (AvgIpc) is 1.97. The Bertz CT molecular complexity index is 230. The number of alkyl halides is 1. The fourth-order valence-electron chi connectivity index (χ4n) is 0.889. The third kappa shape index (κ3) is 2.11. The predicted molar refractivity (Wildman–Crippen MR) is 50.2 cm³/mol. The van der Waals surface area contributed by atoms with Gasteiger partial charge in [0.15, 0.2) is 0 Å². The first-order valence-electron chi connectivity index (χ1n) is 3.28. The summed E-state index contributed by atoms with van der Waals surface area (Å²) in [7, 11) is 0. The van der Waals surface area contributed by atoms with Crippen molar-refractivity contribution < 1.29 is 5.11 Å². The number of benzene rings is 1. The molecule has 1 aromatic rings. The molecule has 0 radical (unpaired) electrons. The summed E-state index contributed by atoms with van der Waals surface area (Å²) in [4.78, 5) is 0. The summed E-state index contributed by atoms with van der Waals surface area (Å²) in [5.74, 6) is 0.830. The fourth-order valence-corrected chi connectivity index (χ4v) is 1.63. The largest absolute Gasteiger partial charge is 0.508 e. The zero-order valence-electron chi connectivity index (χ0n) is 5.85. The summed E-state index contributed by atoms with van der Waals surface area (Å²) in [6, 6.07) is 5.34. The molecule has 0 amide bonds. The molecule has 0 atom stereocenters. The van der Waals surface area contributed by atoms with E-state index in [1.807, 2.05) is 6.07 Å². The Kier molecular flexibility index (Phi) is 3.21. The monoisotopic (exact) mass is 234 g/mol. The third-order valence-electron chi connectivity index (χ3n) is 1.44. The maximum Gasteiger partial charge on any atom is 0.119 e. The van der Waals surface area contributed by atoms with Crippen molar-refractivity contribution in [3.63, 3.8) is 0 Å². The SMILES string of the molecule is Oc1cccc(Br)c1CCCl. The lowest BCUT2D eigenvalue weighted by molar-refractivity contribution is 0.468. The summed E-state index contributed by atoms with van der Waals surface area (Å²) < 4.78 is 0.915. The van der Waals surface area contributed by atoms with E-state index in [4.69, 9.17) is 11.6 Å². The molecule has 3 heteroatoms. The molecule has 60 valence electrons. The Labute approximate surface area is 79.1 Å². The van der Waals surface area contributed by atoms with Crippen LogP contribution in [0.3, 0.4) is 0 Å². The molecule has 0 unspecified atom stereocenters. The number of hydrogen-bond acceptors (Lipinski definition) is 1. The summed E-state index contributed by atoms with van der Waals surface area (Å²) in [5.41, 5.74) is 0.877. The number of phenolic OH excluding ortho intramolecular Hbond substituents is 1. The van der Waals surface area contributed by atoms with Crippen LogP contribution in [0.1, 0.15) is 5.56 Å². The highest BCUT2D eigenvalue weighted by molar-refractivity contribution is 9.10. The average molecular weight is 236 g/mol. The maximum absolute atomic E-state index is 9.33. The van der Waals surface area contributed by atoms with Crippen LogP contribution in [-0.2, 0) is 6.42 Å². The van der Waals surface area contributed by atoms with E-state index in [-0.39, 0.29) is 0 Å². The lowest BCUT2D eigenvalue weighted by Crippen LogP contribution is -1.87. The van der Waals surface area contributed by atoms with Crippen molar-refractivity contribution in [3.05, 3.63) is 28.2 Å². The molecule has 0 fully saturated rings. The molecule has 1 N–H and O–H groups in total. The molecule has 0 saturated heterocycles. The van der Waals surface area contributed by atoms with Crippen LogP contribution in [0, 0.1) is 0 Å². The lowest BCUT2D eigenvalue weighted by Gasteiger charge is -2.03. The third-order valence-corrected chi connectivity index (χ3v) is 2.37. The van der Waals surface area contributed by atoms with Crippen molar-refractivity contribution in [2.45, 2.75) is 6.42 Å². The van der Waals surface area contributed by atoms with E-state index in [1.54, 1.807) is 12.1 Å². The van der Waals surface area contributed by atoms with Crippen LogP contribution in [-0.4, -0.2) is 11.0 Å². The Hall–Kier alpha value is -0.210. The van der Waals surface area contributed by atoms with Gasteiger partial charge in [0.2, 0.25) is 0 Å². The molecule has 11 heavy (non-hydrogen) atoms. The van der Waals surface area contributed by atoms with Crippen molar-refractivity contribution in [2.75, 3.05) is 5.88 Å². The van der Waals surface area contributed by atoms with Crippen molar-refractivity contribution in [1.82, 2.24) is 0 Å². The van der Waals surface area contributed by atoms with Gasteiger partial charge < -0.3 is 5.11 Å². The Balaban J connectivity index is 3.00. The molecule has 0 saturated carbocycles. The van der Waals surface area contributed by atoms with Gasteiger partial charge in [0.25, 0.3) is 0 Å². The summed E-state index contributed by atoms with van der Waals surface area (Å²) in [6.07, 6.45) is 0.689. The molecule has 0 spiro atoms. The van der Waals surface area contributed by atoms with E-state index in [0.717, 1.165) is 10.0 Å². The van der Waals surface area contributed by atoms with Gasteiger partial charge in [-0.1, -0.05) is 22.0 Å². The quantitative estimate of drug-likeness (QED) is 0.782. The Morgan fingerprint density at radius 1 is 1.45 bits per heavy atom. The molecule has 0 aliphatic carbocycles. The highest BCUT2D eigenvalue weighted by Gasteiger charge is 2.03. The van der Waals surface area contributed by atoms with E-state index >= 15 is 0 Å². The normalized spacial score (nSPS) is 10.0. The molecular formula is C8H8BrClO. The highest BCUT2D eigenvalue weighted by Crippen LogP contribution is 2.25. The molecule has 1 nitrogen and oxygen atoms in total. The Morgan fingerprint density at radius 3 is 2.73 bits per heavy atom. The van der Waals surface area contributed by atoms with Crippen molar-refractivity contribution in [1.29, 1.82) is 0 Å². The number of hydrogen-bond donors (Lipinski definition) is 1. The summed E-state index contributed by atoms with van der Waals surface area (Å²) in [6.45, 7) is 0. The second kappa shape index (κ2) is 3.98. The van der Waals surface area contributed by atoms with E-state index in [9.17, 15) is 5.11 Å². The fraction of sp³-hybridized carbons (Fsp3) is 0.250. The zero-order valence-corrected chi connectivity index (χ0v) is 8.19. The van der Waals surface area contributed by atoms with E-state index < -0.39 is 0 Å². The number of phenols is 1. The van der Waals surface area contributed by atoms with Crippen molar-refractivity contribution >= 4 is 27.5 Å². The van der Waals surface area contributed by atoms with Gasteiger partial charge in [0.05, 0.1) is 0 Å². The van der Waals surface area contributed by atoms with Gasteiger partial charge in [-0.25, -0.2) is 0 Å². The first-order chi connectivity index (χ1) is 5.25. The van der Waals surface area contributed by atoms with Crippen molar-refractivity contribution in [2.24, 2.45) is 0 Å². The van der Waals surface area contributed by atoms with Gasteiger partial charge in [-0.05, 0) is 18.6 Å². The van der Waals surface area contributed by atoms with Gasteiger partial charge in [-0.15, -0.1) is 11.6 Å². The molecule has 0 aromatic heterocycles. The minimum absolute atomic E-state index is 0.306.